The van der Waals surface area contributed by atoms with Gasteiger partial charge in [-0.05, 0) is 83.4 Å². The summed E-state index contributed by atoms with van der Waals surface area (Å²) in [6.07, 6.45) is 5.06. The predicted molar refractivity (Wildman–Crippen MR) is 150 cm³/mol. The van der Waals surface area contributed by atoms with E-state index in [1.165, 1.54) is 40.7 Å². The highest BCUT2D eigenvalue weighted by molar-refractivity contribution is 5.91. The molecule has 0 bridgehead atoms. The van der Waals surface area contributed by atoms with Crippen molar-refractivity contribution in [1.82, 2.24) is 10.2 Å². The lowest BCUT2D eigenvalue weighted by molar-refractivity contribution is 0.0879. The Kier molecular flexibility index (Phi) is 7.06. The van der Waals surface area contributed by atoms with E-state index in [0.717, 1.165) is 38.2 Å². The van der Waals surface area contributed by atoms with Crippen molar-refractivity contribution in [2.24, 2.45) is 0 Å². The molecule has 5 rings (SSSR count). The highest BCUT2D eigenvalue weighted by Gasteiger charge is 2.37. The Morgan fingerprint density at radius 3 is 2.27 bits per heavy atom. The van der Waals surface area contributed by atoms with Gasteiger partial charge in [0.1, 0.15) is 5.76 Å². The second-order valence-electron chi connectivity index (χ2n) is 12.5. The number of aryl methyl sites for hydroxylation is 1. The van der Waals surface area contributed by atoms with Crippen LogP contribution >= 0.6 is 0 Å². The number of rotatable bonds is 6. The zero-order valence-corrected chi connectivity index (χ0v) is 23.2. The van der Waals surface area contributed by atoms with Crippen molar-refractivity contribution in [1.29, 1.82) is 0 Å². The van der Waals surface area contributed by atoms with E-state index in [1.54, 1.807) is 0 Å². The lowest BCUT2D eigenvalue weighted by atomic mass is 9.62. The second kappa shape index (κ2) is 10.1. The zero-order chi connectivity index (χ0) is 26.2. The summed E-state index contributed by atoms with van der Waals surface area (Å²) in [4.78, 5) is 15.4. The summed E-state index contributed by atoms with van der Waals surface area (Å²) in [5.74, 6) is 1.16. The summed E-state index contributed by atoms with van der Waals surface area (Å²) in [5, 5.41) is 3.21. The van der Waals surface area contributed by atoms with Gasteiger partial charge in [0.2, 0.25) is 0 Å². The van der Waals surface area contributed by atoms with Gasteiger partial charge in [-0.3, -0.25) is 9.69 Å². The number of hydrogen-bond acceptors (Lipinski definition) is 3. The highest BCUT2D eigenvalue weighted by Crippen LogP contribution is 2.46. The molecule has 37 heavy (non-hydrogen) atoms. The molecule has 0 radical (unpaired) electrons. The molecular weight excluding hydrogens is 456 g/mol. The van der Waals surface area contributed by atoms with E-state index in [2.05, 4.69) is 87.3 Å². The molecule has 4 heteroatoms. The molecule has 4 nitrogen and oxygen atoms in total. The van der Waals surface area contributed by atoms with Gasteiger partial charge in [-0.1, -0.05) is 70.2 Å². The molecule has 2 aliphatic rings. The third kappa shape index (κ3) is 5.70. The van der Waals surface area contributed by atoms with Crippen LogP contribution in [0.3, 0.4) is 0 Å². The van der Waals surface area contributed by atoms with E-state index in [9.17, 15) is 4.79 Å². The number of hydrogen-bond donors (Lipinski definition) is 1. The number of benzene rings is 2. The van der Waals surface area contributed by atoms with Crippen LogP contribution in [0.15, 0.2) is 59.0 Å². The van der Waals surface area contributed by atoms with Gasteiger partial charge in [-0.2, -0.15) is 0 Å². The first kappa shape index (κ1) is 25.8. The van der Waals surface area contributed by atoms with Crippen LogP contribution in [-0.4, -0.2) is 29.9 Å². The maximum atomic E-state index is 12.9. The fourth-order valence-corrected chi connectivity index (χ4v) is 6.07. The Hall–Kier alpha value is -2.85. The summed E-state index contributed by atoms with van der Waals surface area (Å²) in [7, 11) is 0. The first-order valence-electron chi connectivity index (χ1n) is 13.9. The lowest BCUT2D eigenvalue weighted by Gasteiger charge is -2.42. The molecule has 0 spiro atoms. The molecule has 2 heterocycles. The first-order chi connectivity index (χ1) is 17.6. The fourth-order valence-electron chi connectivity index (χ4n) is 6.07. The van der Waals surface area contributed by atoms with Gasteiger partial charge >= 0.3 is 0 Å². The van der Waals surface area contributed by atoms with Crippen LogP contribution in [0, 0.1) is 6.92 Å². The highest BCUT2D eigenvalue weighted by atomic mass is 16.3. The number of fused-ring (bicyclic) bond motifs is 1. The van der Waals surface area contributed by atoms with Crippen LogP contribution in [0.5, 0.6) is 0 Å². The SMILES string of the molecule is Cc1cc2c(cc1Cc1ccc(C(=O)NC3CCN(Cc4ccccc4)CC3)o1)C(C)(C)CCC2(C)C. The van der Waals surface area contributed by atoms with Gasteiger partial charge in [0, 0.05) is 32.1 Å². The topological polar surface area (TPSA) is 45.5 Å². The second-order valence-corrected chi connectivity index (χ2v) is 12.5. The van der Waals surface area contributed by atoms with Crippen LogP contribution in [0.4, 0.5) is 0 Å². The molecular formula is C33H42N2O2. The minimum atomic E-state index is -0.0993. The van der Waals surface area contributed by atoms with Crippen LogP contribution in [0.25, 0.3) is 0 Å². The summed E-state index contributed by atoms with van der Waals surface area (Å²) in [6, 6.07) is 19.4. The number of carbonyl (C=O) groups is 1. The maximum absolute atomic E-state index is 12.9. The Bertz CT molecular complexity index is 1250. The molecule has 1 saturated heterocycles. The normalized spacial score (nSPS) is 19.4. The van der Waals surface area contributed by atoms with Crippen LogP contribution in [-0.2, 0) is 23.8 Å². The number of piperidine rings is 1. The smallest absolute Gasteiger partial charge is 0.287 e. The van der Waals surface area contributed by atoms with Crippen molar-refractivity contribution in [3.63, 3.8) is 0 Å². The molecule has 0 unspecified atom stereocenters. The monoisotopic (exact) mass is 498 g/mol. The Balaban J connectivity index is 1.20. The van der Waals surface area contributed by atoms with E-state index >= 15 is 0 Å². The number of nitrogens with zero attached hydrogens (tertiary/aromatic N) is 1. The minimum absolute atomic E-state index is 0.0993. The number of likely N-dealkylation sites (tertiary alicyclic amines) is 1. The quantitative estimate of drug-likeness (QED) is 0.401. The molecule has 1 N–H and O–H groups in total. The first-order valence-corrected chi connectivity index (χ1v) is 13.9. The third-order valence-corrected chi connectivity index (χ3v) is 8.73. The van der Waals surface area contributed by atoms with Gasteiger partial charge in [-0.25, -0.2) is 0 Å². The third-order valence-electron chi connectivity index (χ3n) is 8.73. The largest absolute Gasteiger partial charge is 0.456 e. The van der Waals surface area contributed by atoms with Crippen molar-refractivity contribution < 1.29 is 9.21 Å². The molecule has 3 aromatic rings. The van der Waals surface area contributed by atoms with Gasteiger partial charge in [0.05, 0.1) is 0 Å². The molecule has 1 aromatic heterocycles. The molecule has 1 aliphatic heterocycles. The summed E-state index contributed by atoms with van der Waals surface area (Å²) >= 11 is 0. The van der Waals surface area contributed by atoms with Crippen molar-refractivity contribution in [3.8, 4) is 0 Å². The van der Waals surface area contributed by atoms with Crippen LogP contribution in [0.1, 0.15) is 97.5 Å². The van der Waals surface area contributed by atoms with Crippen LogP contribution < -0.4 is 5.32 Å². The van der Waals surface area contributed by atoms with Crippen LogP contribution in [0.2, 0.25) is 0 Å². The summed E-state index contributed by atoms with van der Waals surface area (Å²) < 4.78 is 6.06. The van der Waals surface area contributed by atoms with E-state index in [1.807, 2.05) is 12.1 Å². The van der Waals surface area contributed by atoms with Crippen molar-refractivity contribution in [2.75, 3.05) is 13.1 Å². The van der Waals surface area contributed by atoms with Gasteiger partial charge in [0.25, 0.3) is 5.91 Å². The minimum Gasteiger partial charge on any atom is -0.456 e. The number of nitrogens with one attached hydrogen (secondary N) is 1. The molecule has 196 valence electrons. The molecule has 0 saturated carbocycles. The molecule has 0 atom stereocenters. The van der Waals surface area contributed by atoms with E-state index in [0.29, 0.717) is 12.2 Å². The van der Waals surface area contributed by atoms with Crippen molar-refractivity contribution >= 4 is 5.91 Å². The van der Waals surface area contributed by atoms with Gasteiger partial charge in [0.15, 0.2) is 5.76 Å². The molecule has 1 fully saturated rings. The standard InChI is InChI=1S/C33H42N2O2/c1-23-19-28-29(33(4,5)16-15-32(28,2)3)21-25(23)20-27-11-12-30(37-27)31(36)34-26-13-17-35(18-14-26)22-24-9-7-6-8-10-24/h6-12,19,21,26H,13-18,20,22H2,1-5H3,(H,34,36). The maximum Gasteiger partial charge on any atom is 0.287 e. The zero-order valence-electron chi connectivity index (χ0n) is 23.2. The number of furan rings is 1. The van der Waals surface area contributed by atoms with Crippen molar-refractivity contribution in [2.45, 2.75) is 90.1 Å². The van der Waals surface area contributed by atoms with E-state index in [4.69, 9.17) is 4.42 Å². The Morgan fingerprint density at radius 2 is 1.59 bits per heavy atom. The molecule has 2 aromatic carbocycles. The van der Waals surface area contributed by atoms with E-state index < -0.39 is 0 Å². The number of amides is 1. The average Bonchev–Trinajstić information content (AvgIpc) is 3.34. The van der Waals surface area contributed by atoms with Crippen molar-refractivity contribution in [3.05, 3.63) is 93.9 Å². The summed E-state index contributed by atoms with van der Waals surface area (Å²) in [5.41, 5.74) is 7.27. The van der Waals surface area contributed by atoms with Gasteiger partial charge in [-0.15, -0.1) is 0 Å². The van der Waals surface area contributed by atoms with Gasteiger partial charge < -0.3 is 9.73 Å². The average molecular weight is 499 g/mol. The Labute approximate surface area is 222 Å². The number of carbonyl (C=O) groups excluding carboxylic acids is 1. The fraction of sp³-hybridized carbons (Fsp3) is 0.485. The lowest BCUT2D eigenvalue weighted by Crippen LogP contribution is -2.44. The van der Waals surface area contributed by atoms with E-state index in [-0.39, 0.29) is 22.8 Å². The summed E-state index contributed by atoms with van der Waals surface area (Å²) in [6.45, 7) is 14.6. The molecule has 1 aliphatic carbocycles. The molecule has 1 amide bonds. The predicted octanol–water partition coefficient (Wildman–Crippen LogP) is 6.92. The Morgan fingerprint density at radius 1 is 0.946 bits per heavy atom.